The lowest BCUT2D eigenvalue weighted by molar-refractivity contribution is -0.925. The number of aliphatic hydroxyl groups is 1. The Kier molecular flexibility index (Phi) is 7.76. The first kappa shape index (κ1) is 25.1. The number of oxazole rings is 1. The molecule has 0 radical (unpaired) electrons. The molecule has 1 unspecified atom stereocenters. The smallest absolute Gasteiger partial charge is 0.282 e. The van der Waals surface area contributed by atoms with E-state index in [-0.39, 0.29) is 27.4 Å². The van der Waals surface area contributed by atoms with E-state index in [1.807, 2.05) is 44.4 Å². The summed E-state index contributed by atoms with van der Waals surface area (Å²) >= 11 is 0. The summed E-state index contributed by atoms with van der Waals surface area (Å²) in [5.41, 5.74) is 5.64. The van der Waals surface area contributed by atoms with Crippen LogP contribution in [0, 0.1) is 5.92 Å². The normalized spacial score (nSPS) is 17.7. The zero-order valence-electron chi connectivity index (χ0n) is 19.0. The largest absolute Gasteiger partial charge is 1.00 e. The van der Waals surface area contributed by atoms with Crippen LogP contribution in [-0.4, -0.2) is 39.7 Å². The fraction of sp³-hybridized carbons (Fsp3) is 0.458. The first-order chi connectivity index (χ1) is 15.3. The molecule has 8 nitrogen and oxygen atoms in total. The standard InChI is InChI=1S/C24H30N4O4.BrH/c1-28(2,21(22(25)29)20-13-14-31-27-20)16-19-15-26-23(32-19)24(30,17-9-5-3-6-10-17)18-11-7-4-8-12-18;/h3,5-6,9-10,13-15,18,21,30H,4,7-8,11-12,16H2,1-2H3,(H-,25,29);1H/t21?,24-;/m0./s1. The summed E-state index contributed by atoms with van der Waals surface area (Å²) in [7, 11) is 3.74. The monoisotopic (exact) mass is 518 g/mol. The molecule has 0 saturated heterocycles. The van der Waals surface area contributed by atoms with Crippen molar-refractivity contribution in [2.24, 2.45) is 11.7 Å². The molecular formula is C24H31BrN4O4. The van der Waals surface area contributed by atoms with Gasteiger partial charge in [0.1, 0.15) is 12.8 Å². The number of aromatic nitrogens is 2. The van der Waals surface area contributed by atoms with Crippen molar-refractivity contribution in [2.45, 2.75) is 50.3 Å². The maximum absolute atomic E-state index is 12.2. The van der Waals surface area contributed by atoms with Gasteiger partial charge in [-0.15, -0.1) is 0 Å². The minimum Gasteiger partial charge on any atom is -1.00 e. The molecule has 1 saturated carbocycles. The van der Waals surface area contributed by atoms with E-state index >= 15 is 0 Å². The van der Waals surface area contributed by atoms with Crippen LogP contribution in [0.4, 0.5) is 0 Å². The van der Waals surface area contributed by atoms with Crippen LogP contribution in [0.1, 0.15) is 61.1 Å². The summed E-state index contributed by atoms with van der Waals surface area (Å²) < 4.78 is 11.3. The van der Waals surface area contributed by atoms with Crippen molar-refractivity contribution in [3.05, 3.63) is 71.8 Å². The molecule has 3 aromatic rings. The highest BCUT2D eigenvalue weighted by atomic mass is 79.9. The summed E-state index contributed by atoms with van der Waals surface area (Å²) in [5.74, 6) is 0.375. The minimum atomic E-state index is -1.30. The van der Waals surface area contributed by atoms with E-state index in [1.165, 1.54) is 12.7 Å². The number of carbonyl (C=O) groups is 1. The zero-order chi connectivity index (χ0) is 22.8. The van der Waals surface area contributed by atoms with Gasteiger partial charge in [0.25, 0.3) is 5.91 Å². The number of hydrogen-bond donors (Lipinski definition) is 2. The predicted octanol–water partition coefficient (Wildman–Crippen LogP) is 0.286. The van der Waals surface area contributed by atoms with Crippen molar-refractivity contribution >= 4 is 5.91 Å². The van der Waals surface area contributed by atoms with Crippen molar-refractivity contribution in [3.8, 4) is 0 Å². The van der Waals surface area contributed by atoms with Crippen molar-refractivity contribution < 1.29 is 40.3 Å². The topological polar surface area (TPSA) is 115 Å². The van der Waals surface area contributed by atoms with Crippen molar-refractivity contribution in [2.75, 3.05) is 14.1 Å². The van der Waals surface area contributed by atoms with Gasteiger partial charge in [-0.25, -0.2) is 4.98 Å². The highest BCUT2D eigenvalue weighted by Crippen LogP contribution is 2.43. The second-order valence-corrected chi connectivity index (χ2v) is 9.27. The number of quaternary nitrogens is 1. The summed E-state index contributed by atoms with van der Waals surface area (Å²) in [5, 5.41) is 15.9. The second kappa shape index (κ2) is 10.2. The van der Waals surface area contributed by atoms with Crippen LogP contribution in [0.2, 0.25) is 0 Å². The van der Waals surface area contributed by atoms with Crippen LogP contribution < -0.4 is 22.7 Å². The fourth-order valence-corrected chi connectivity index (χ4v) is 5.01. The highest BCUT2D eigenvalue weighted by Gasteiger charge is 2.45. The van der Waals surface area contributed by atoms with Gasteiger partial charge in [-0.2, -0.15) is 0 Å². The number of amides is 1. The first-order valence-corrected chi connectivity index (χ1v) is 11.1. The third kappa shape index (κ3) is 5.05. The molecule has 1 aliphatic carbocycles. The van der Waals surface area contributed by atoms with Gasteiger partial charge in [0.05, 0.1) is 20.3 Å². The number of nitrogens with two attached hydrogens (primary N) is 1. The van der Waals surface area contributed by atoms with Crippen LogP contribution in [0.5, 0.6) is 0 Å². The van der Waals surface area contributed by atoms with E-state index in [9.17, 15) is 9.90 Å². The van der Waals surface area contributed by atoms with Gasteiger partial charge in [-0.05, 0) is 18.4 Å². The molecule has 0 spiro atoms. The molecule has 3 N–H and O–H groups in total. The molecule has 1 aliphatic rings. The van der Waals surface area contributed by atoms with Crippen molar-refractivity contribution in [3.63, 3.8) is 0 Å². The van der Waals surface area contributed by atoms with Gasteiger partial charge >= 0.3 is 0 Å². The molecule has 2 heterocycles. The van der Waals surface area contributed by atoms with E-state index < -0.39 is 17.6 Å². The molecule has 0 aliphatic heterocycles. The Hall–Kier alpha value is -2.49. The lowest BCUT2D eigenvalue weighted by atomic mass is 9.73. The van der Waals surface area contributed by atoms with Crippen LogP contribution in [-0.2, 0) is 16.9 Å². The van der Waals surface area contributed by atoms with E-state index in [0.29, 0.717) is 23.9 Å². The zero-order valence-corrected chi connectivity index (χ0v) is 20.6. The van der Waals surface area contributed by atoms with Gasteiger partial charge in [-0.1, -0.05) is 54.8 Å². The Balaban J connectivity index is 0.00000306. The highest BCUT2D eigenvalue weighted by molar-refractivity contribution is 5.79. The SMILES string of the molecule is C[N+](C)(Cc1cnc([C@](O)(c2ccccc2)C2CCCCC2)o1)C(C(N)=O)c1ccon1.[Br-]. The number of nitrogens with zero attached hydrogens (tertiary/aromatic N) is 3. The number of rotatable bonds is 8. The molecule has 33 heavy (non-hydrogen) atoms. The van der Waals surface area contributed by atoms with Crippen LogP contribution in [0.25, 0.3) is 0 Å². The molecule has 1 aromatic carbocycles. The Labute approximate surface area is 204 Å². The maximum atomic E-state index is 12.2. The first-order valence-electron chi connectivity index (χ1n) is 11.1. The molecule has 178 valence electrons. The minimum absolute atomic E-state index is 0. The molecular weight excluding hydrogens is 488 g/mol. The number of likely N-dealkylation sites (N-methyl/N-ethyl adjacent to an activating group) is 1. The number of hydrogen-bond acceptors (Lipinski definition) is 6. The van der Waals surface area contributed by atoms with Crippen LogP contribution >= 0.6 is 0 Å². The van der Waals surface area contributed by atoms with E-state index in [0.717, 1.165) is 31.2 Å². The van der Waals surface area contributed by atoms with Crippen LogP contribution in [0.3, 0.4) is 0 Å². The molecule has 4 rings (SSSR count). The molecule has 2 atom stereocenters. The Morgan fingerprint density at radius 1 is 1.21 bits per heavy atom. The lowest BCUT2D eigenvalue weighted by Gasteiger charge is -2.36. The summed E-state index contributed by atoms with van der Waals surface area (Å²) in [6.45, 7) is 0.336. The summed E-state index contributed by atoms with van der Waals surface area (Å²) in [6.07, 6.45) is 8.22. The third-order valence-corrected chi connectivity index (χ3v) is 6.56. The third-order valence-electron chi connectivity index (χ3n) is 6.56. The number of benzene rings is 1. The average molecular weight is 519 g/mol. The van der Waals surface area contributed by atoms with E-state index in [4.69, 9.17) is 14.7 Å². The number of carbonyl (C=O) groups excluding carboxylic acids is 1. The quantitative estimate of drug-likeness (QED) is 0.414. The predicted molar refractivity (Wildman–Crippen MR) is 117 cm³/mol. The Bertz CT molecular complexity index is 1030. The number of halogens is 1. The Morgan fingerprint density at radius 2 is 1.91 bits per heavy atom. The number of primary amides is 1. The second-order valence-electron chi connectivity index (χ2n) is 9.27. The van der Waals surface area contributed by atoms with Gasteiger partial charge in [-0.3, -0.25) is 4.79 Å². The molecule has 0 bridgehead atoms. The molecule has 2 aromatic heterocycles. The van der Waals surface area contributed by atoms with Gasteiger partial charge in [0.2, 0.25) is 11.9 Å². The lowest BCUT2D eigenvalue weighted by Crippen LogP contribution is -3.00. The maximum Gasteiger partial charge on any atom is 0.282 e. The van der Waals surface area contributed by atoms with Gasteiger partial charge in [0, 0.05) is 12.0 Å². The fourth-order valence-electron chi connectivity index (χ4n) is 5.01. The van der Waals surface area contributed by atoms with Crippen LogP contribution in [0.15, 0.2) is 57.8 Å². The summed E-state index contributed by atoms with van der Waals surface area (Å²) in [4.78, 5) is 16.7. The Morgan fingerprint density at radius 3 is 2.52 bits per heavy atom. The molecule has 9 heteroatoms. The average Bonchev–Trinajstić information content (AvgIpc) is 3.46. The van der Waals surface area contributed by atoms with Crippen molar-refractivity contribution in [1.29, 1.82) is 0 Å². The summed E-state index contributed by atoms with van der Waals surface area (Å²) in [6, 6.07) is 10.5. The molecule has 1 fully saturated rings. The van der Waals surface area contributed by atoms with E-state index in [2.05, 4.69) is 10.1 Å². The van der Waals surface area contributed by atoms with Crippen molar-refractivity contribution in [1.82, 2.24) is 10.1 Å². The molecule has 1 amide bonds. The van der Waals surface area contributed by atoms with Gasteiger partial charge < -0.3 is 41.2 Å². The van der Waals surface area contributed by atoms with Gasteiger partial charge in [0.15, 0.2) is 17.1 Å². The van der Waals surface area contributed by atoms with E-state index in [1.54, 1.807) is 12.3 Å².